The molecule has 8 heteroatoms. The summed E-state index contributed by atoms with van der Waals surface area (Å²) in [5, 5.41) is 3.33. The van der Waals surface area contributed by atoms with E-state index < -0.39 is 10.0 Å². The van der Waals surface area contributed by atoms with Crippen LogP contribution in [0.15, 0.2) is 72.8 Å². The lowest BCUT2D eigenvalue weighted by Gasteiger charge is -2.24. The van der Waals surface area contributed by atoms with Crippen LogP contribution in [0.25, 0.3) is 0 Å². The molecule has 3 rings (SSSR count). The molecule has 0 spiro atoms. The molecule has 0 fully saturated rings. The fraction of sp³-hybridized carbons (Fsp3) is 0.240. The molecule has 0 saturated heterocycles. The maximum absolute atomic E-state index is 12.4. The van der Waals surface area contributed by atoms with Gasteiger partial charge in [0.25, 0.3) is 5.91 Å². The van der Waals surface area contributed by atoms with Crippen molar-refractivity contribution in [2.24, 2.45) is 0 Å². The first-order chi connectivity index (χ1) is 15.8. The van der Waals surface area contributed by atoms with E-state index >= 15 is 0 Å². The summed E-state index contributed by atoms with van der Waals surface area (Å²) in [7, 11) is -3.54. The Kier molecular flexibility index (Phi) is 8.49. The molecule has 0 aliphatic rings. The van der Waals surface area contributed by atoms with E-state index in [0.29, 0.717) is 41.6 Å². The summed E-state index contributed by atoms with van der Waals surface area (Å²) in [6.45, 7) is 3.21. The largest absolute Gasteiger partial charge is 0.375 e. The number of anilines is 1. The van der Waals surface area contributed by atoms with Crippen molar-refractivity contribution >= 4 is 33.2 Å². The summed E-state index contributed by atoms with van der Waals surface area (Å²) in [5.41, 5.74) is 3.54. The summed E-state index contributed by atoms with van der Waals surface area (Å²) >= 11 is 6.18. The van der Waals surface area contributed by atoms with Crippen molar-refractivity contribution in [2.45, 2.75) is 20.1 Å². The van der Waals surface area contributed by atoms with Gasteiger partial charge in [0.2, 0.25) is 10.0 Å². The Balaban J connectivity index is 1.57. The molecule has 3 aromatic rings. The molecule has 3 aromatic carbocycles. The van der Waals surface area contributed by atoms with Gasteiger partial charge < -0.3 is 10.1 Å². The summed E-state index contributed by atoms with van der Waals surface area (Å²) in [6, 6.07) is 21.9. The number of hydrogen-bond donors (Lipinski definition) is 1. The first kappa shape index (κ1) is 24.8. The van der Waals surface area contributed by atoms with Crippen LogP contribution in [0, 0.1) is 6.92 Å². The molecule has 1 N–H and O–H groups in total. The molecule has 0 aromatic heterocycles. The molecule has 0 radical (unpaired) electrons. The topological polar surface area (TPSA) is 75.7 Å². The molecule has 1 amide bonds. The van der Waals surface area contributed by atoms with Crippen LogP contribution in [-0.4, -0.2) is 33.7 Å². The normalized spacial score (nSPS) is 11.2. The van der Waals surface area contributed by atoms with Crippen LogP contribution < -0.4 is 9.62 Å². The van der Waals surface area contributed by atoms with E-state index in [1.165, 1.54) is 4.31 Å². The van der Waals surface area contributed by atoms with Gasteiger partial charge in [0, 0.05) is 17.1 Å². The van der Waals surface area contributed by atoms with Crippen molar-refractivity contribution < 1.29 is 17.9 Å². The fourth-order valence-corrected chi connectivity index (χ4v) is 4.39. The number of benzene rings is 3. The number of carbonyl (C=O) groups excluding carboxylic acids is 1. The predicted octanol–water partition coefficient (Wildman–Crippen LogP) is 4.56. The van der Waals surface area contributed by atoms with E-state index in [4.69, 9.17) is 16.3 Å². The number of sulfonamides is 1. The van der Waals surface area contributed by atoms with Crippen molar-refractivity contribution in [2.75, 3.05) is 23.7 Å². The van der Waals surface area contributed by atoms with Crippen LogP contribution in [-0.2, 0) is 27.9 Å². The zero-order chi connectivity index (χ0) is 23.8. The van der Waals surface area contributed by atoms with Gasteiger partial charge in [0.1, 0.15) is 0 Å². The van der Waals surface area contributed by atoms with E-state index in [9.17, 15) is 13.2 Å². The van der Waals surface area contributed by atoms with Gasteiger partial charge in [-0.1, -0.05) is 60.1 Å². The molecule has 0 unspecified atom stereocenters. The highest BCUT2D eigenvalue weighted by Crippen LogP contribution is 2.29. The van der Waals surface area contributed by atoms with Gasteiger partial charge in [0.15, 0.2) is 0 Å². The maximum atomic E-state index is 12.4. The van der Waals surface area contributed by atoms with E-state index in [2.05, 4.69) is 5.32 Å². The highest BCUT2D eigenvalue weighted by molar-refractivity contribution is 7.92. The number of rotatable bonds is 10. The van der Waals surface area contributed by atoms with Crippen LogP contribution in [0.3, 0.4) is 0 Å². The van der Waals surface area contributed by atoms with Crippen molar-refractivity contribution in [3.63, 3.8) is 0 Å². The first-order valence-corrected chi connectivity index (χ1v) is 12.7. The molecule has 0 heterocycles. The molecule has 33 heavy (non-hydrogen) atoms. The van der Waals surface area contributed by atoms with E-state index in [1.807, 2.05) is 30.3 Å². The second kappa shape index (κ2) is 11.3. The molecule has 0 atom stereocenters. The minimum absolute atomic E-state index is 0.134. The number of carbonyl (C=O) groups is 1. The van der Waals surface area contributed by atoms with Crippen LogP contribution in [0.4, 0.5) is 5.69 Å². The van der Waals surface area contributed by atoms with Gasteiger partial charge in [-0.25, -0.2) is 8.42 Å². The quantitative estimate of drug-likeness (QED) is 0.426. The molecule has 0 saturated carbocycles. The van der Waals surface area contributed by atoms with Gasteiger partial charge in [-0.05, 0) is 47.9 Å². The minimum Gasteiger partial charge on any atom is -0.375 e. The predicted molar refractivity (Wildman–Crippen MR) is 132 cm³/mol. The van der Waals surface area contributed by atoms with Crippen LogP contribution >= 0.6 is 11.6 Å². The number of nitrogens with one attached hydrogen (secondary N) is 1. The van der Waals surface area contributed by atoms with Gasteiger partial charge in [-0.3, -0.25) is 9.10 Å². The molecule has 0 bridgehead atoms. The number of ether oxygens (including phenoxy) is 1. The number of nitrogens with zero attached hydrogens (tertiary/aromatic N) is 1. The zero-order valence-electron chi connectivity index (χ0n) is 18.6. The number of hydrogen-bond acceptors (Lipinski definition) is 4. The van der Waals surface area contributed by atoms with Crippen LogP contribution in [0.2, 0.25) is 5.02 Å². The van der Waals surface area contributed by atoms with Crippen molar-refractivity contribution in [1.29, 1.82) is 0 Å². The summed E-state index contributed by atoms with van der Waals surface area (Å²) in [4.78, 5) is 12.4. The van der Waals surface area contributed by atoms with Crippen molar-refractivity contribution in [1.82, 2.24) is 5.32 Å². The number of amides is 1. The van der Waals surface area contributed by atoms with E-state index in [1.54, 1.807) is 49.4 Å². The minimum atomic E-state index is -3.54. The Morgan fingerprint density at radius 1 is 0.970 bits per heavy atom. The lowest BCUT2D eigenvalue weighted by Crippen LogP contribution is -2.30. The van der Waals surface area contributed by atoms with Crippen molar-refractivity contribution in [3.8, 4) is 0 Å². The third-order valence-corrected chi connectivity index (χ3v) is 6.63. The third kappa shape index (κ3) is 7.05. The molecule has 174 valence electrons. The summed E-state index contributed by atoms with van der Waals surface area (Å²) in [6.07, 6.45) is 1.16. The Bertz CT molecular complexity index is 1180. The second-order valence-electron chi connectivity index (χ2n) is 7.64. The van der Waals surface area contributed by atoms with Crippen LogP contribution in [0.5, 0.6) is 0 Å². The zero-order valence-corrected chi connectivity index (χ0v) is 20.2. The van der Waals surface area contributed by atoms with Gasteiger partial charge >= 0.3 is 0 Å². The highest BCUT2D eigenvalue weighted by atomic mass is 35.5. The van der Waals surface area contributed by atoms with E-state index in [0.717, 1.165) is 17.4 Å². The second-order valence-corrected chi connectivity index (χ2v) is 9.96. The molecular weight excluding hydrogens is 460 g/mol. The molecular formula is C25H27ClN2O4S. The Hall–Kier alpha value is -2.87. The summed E-state index contributed by atoms with van der Waals surface area (Å²) in [5.74, 6) is -0.212. The van der Waals surface area contributed by atoms with Gasteiger partial charge in [0.05, 0.1) is 31.7 Å². The molecule has 6 nitrogen and oxygen atoms in total. The lowest BCUT2D eigenvalue weighted by molar-refractivity contribution is 0.0901. The first-order valence-electron chi connectivity index (χ1n) is 10.5. The van der Waals surface area contributed by atoms with Gasteiger partial charge in [-0.2, -0.15) is 0 Å². The van der Waals surface area contributed by atoms with E-state index in [-0.39, 0.29) is 12.5 Å². The highest BCUT2D eigenvalue weighted by Gasteiger charge is 2.20. The fourth-order valence-electron chi connectivity index (χ4n) is 3.28. The molecule has 0 aliphatic carbocycles. The third-order valence-electron chi connectivity index (χ3n) is 5.09. The smallest absolute Gasteiger partial charge is 0.251 e. The van der Waals surface area contributed by atoms with Gasteiger partial charge in [-0.15, -0.1) is 0 Å². The lowest BCUT2D eigenvalue weighted by atomic mass is 10.1. The standard InChI is InChI=1S/C25H27ClN2O4S/c1-19-23(26)9-6-10-24(19)28(33(2,30)31)17-20-11-13-22(14-12-20)25(29)27-15-16-32-18-21-7-4-3-5-8-21/h3-14H,15-18H2,1-2H3,(H,27,29). The summed E-state index contributed by atoms with van der Waals surface area (Å²) < 4.78 is 31.8. The number of halogens is 1. The maximum Gasteiger partial charge on any atom is 0.251 e. The average molecular weight is 487 g/mol. The Morgan fingerprint density at radius 2 is 1.67 bits per heavy atom. The average Bonchev–Trinajstić information content (AvgIpc) is 2.79. The van der Waals surface area contributed by atoms with Crippen LogP contribution in [0.1, 0.15) is 27.0 Å². The SMILES string of the molecule is Cc1c(Cl)cccc1N(Cc1ccc(C(=O)NCCOCc2ccccc2)cc1)S(C)(=O)=O. The molecule has 0 aliphatic heterocycles. The Morgan fingerprint density at radius 3 is 2.33 bits per heavy atom. The van der Waals surface area contributed by atoms with Crippen molar-refractivity contribution in [3.05, 3.63) is 100 Å². The Labute approximate surface area is 200 Å². The monoisotopic (exact) mass is 486 g/mol.